The molecule has 0 atom stereocenters. The van der Waals surface area contributed by atoms with Crippen LogP contribution in [-0.2, 0) is 5.60 Å². The number of benzene rings is 1. The summed E-state index contributed by atoms with van der Waals surface area (Å²) in [4.78, 5) is 11.7. The summed E-state index contributed by atoms with van der Waals surface area (Å²) in [7, 11) is 0. The van der Waals surface area contributed by atoms with Crippen molar-refractivity contribution in [2.45, 2.75) is 19.4 Å². The third kappa shape index (κ3) is 2.97. The van der Waals surface area contributed by atoms with E-state index in [1.54, 1.807) is 18.2 Å². The Kier molecular flexibility index (Phi) is 3.67. The molecule has 0 saturated heterocycles. The monoisotopic (exact) mass is 298 g/mol. The van der Waals surface area contributed by atoms with E-state index in [1.165, 1.54) is 19.9 Å². The Morgan fingerprint density at radius 1 is 1.26 bits per heavy atom. The highest BCUT2D eigenvalue weighted by Gasteiger charge is 2.21. The van der Waals surface area contributed by atoms with E-state index < -0.39 is 11.2 Å². The quantitative estimate of drug-likeness (QED) is 0.896. The Morgan fingerprint density at radius 3 is 2.53 bits per heavy atom. The van der Waals surface area contributed by atoms with Gasteiger partial charge in [0.05, 0.1) is 21.9 Å². The maximum absolute atomic E-state index is 11.7. The predicted molar refractivity (Wildman–Crippen MR) is 75.6 cm³/mol. The Balaban J connectivity index is 2.61. The van der Waals surface area contributed by atoms with Gasteiger partial charge in [-0.1, -0.05) is 23.2 Å². The first-order valence-corrected chi connectivity index (χ1v) is 6.32. The number of halogens is 2. The molecule has 0 amide bonds. The summed E-state index contributed by atoms with van der Waals surface area (Å²) in [6.45, 7) is 3.07. The van der Waals surface area contributed by atoms with Crippen LogP contribution < -0.4 is 5.56 Å². The van der Waals surface area contributed by atoms with Crippen molar-refractivity contribution < 1.29 is 5.11 Å². The number of aliphatic hydroxyl groups is 1. The maximum atomic E-state index is 11.7. The third-order valence-corrected chi connectivity index (χ3v) is 3.22. The molecule has 0 fully saturated rings. The van der Waals surface area contributed by atoms with Crippen molar-refractivity contribution in [3.05, 3.63) is 50.2 Å². The van der Waals surface area contributed by atoms with Crippen molar-refractivity contribution in [3.8, 4) is 11.3 Å². The fraction of sp³-hybridized carbons (Fsp3) is 0.231. The van der Waals surface area contributed by atoms with Crippen LogP contribution in [0.15, 0.2) is 29.1 Å². The zero-order valence-electron chi connectivity index (χ0n) is 10.4. The number of aromatic nitrogens is 2. The smallest absolute Gasteiger partial charge is 0.270 e. The molecule has 6 heteroatoms. The average molecular weight is 299 g/mol. The molecule has 0 unspecified atom stereocenters. The van der Waals surface area contributed by atoms with Crippen LogP contribution in [0.4, 0.5) is 0 Å². The molecule has 0 aliphatic rings. The number of hydrogen-bond acceptors (Lipinski definition) is 3. The van der Waals surface area contributed by atoms with Crippen molar-refractivity contribution >= 4 is 23.2 Å². The van der Waals surface area contributed by atoms with Crippen LogP contribution in [0.2, 0.25) is 10.0 Å². The molecular weight excluding hydrogens is 287 g/mol. The van der Waals surface area contributed by atoms with E-state index in [1.807, 2.05) is 0 Å². The molecule has 2 N–H and O–H groups in total. The molecule has 100 valence electrons. The first-order chi connectivity index (χ1) is 8.79. The van der Waals surface area contributed by atoms with Gasteiger partial charge in [-0.05, 0) is 38.1 Å². The lowest BCUT2D eigenvalue weighted by atomic mass is 9.98. The van der Waals surface area contributed by atoms with E-state index in [-0.39, 0.29) is 5.56 Å². The summed E-state index contributed by atoms with van der Waals surface area (Å²) in [5, 5.41) is 17.2. The highest BCUT2D eigenvalue weighted by Crippen LogP contribution is 2.29. The topological polar surface area (TPSA) is 66.0 Å². The lowest BCUT2D eigenvalue weighted by Crippen LogP contribution is -2.27. The van der Waals surface area contributed by atoms with E-state index in [4.69, 9.17) is 23.2 Å². The van der Waals surface area contributed by atoms with E-state index in [9.17, 15) is 9.90 Å². The molecule has 0 radical (unpaired) electrons. The van der Waals surface area contributed by atoms with Gasteiger partial charge in [0.2, 0.25) is 0 Å². The minimum absolute atomic E-state index is 0.225. The van der Waals surface area contributed by atoms with Crippen LogP contribution in [0, 0.1) is 0 Å². The van der Waals surface area contributed by atoms with Gasteiger partial charge in [-0.3, -0.25) is 4.79 Å². The number of nitrogens with zero attached hydrogens (tertiary/aromatic N) is 1. The number of hydrogen-bond donors (Lipinski definition) is 2. The zero-order chi connectivity index (χ0) is 14.2. The van der Waals surface area contributed by atoms with Crippen molar-refractivity contribution in [1.82, 2.24) is 10.2 Å². The molecule has 0 aliphatic heterocycles. The maximum Gasteiger partial charge on any atom is 0.270 e. The summed E-state index contributed by atoms with van der Waals surface area (Å²) < 4.78 is 0. The molecule has 2 aromatic rings. The van der Waals surface area contributed by atoms with Gasteiger partial charge in [0.25, 0.3) is 5.56 Å². The first-order valence-electron chi connectivity index (χ1n) is 5.57. The second-order valence-electron chi connectivity index (χ2n) is 4.68. The zero-order valence-corrected chi connectivity index (χ0v) is 11.9. The molecule has 0 bridgehead atoms. The minimum atomic E-state index is -1.26. The number of aromatic amines is 1. The molecule has 19 heavy (non-hydrogen) atoms. The predicted octanol–water partition coefficient (Wildman–Crippen LogP) is 2.97. The van der Waals surface area contributed by atoms with Crippen LogP contribution in [0.1, 0.15) is 19.4 Å². The average Bonchev–Trinajstić information content (AvgIpc) is 2.29. The molecule has 0 saturated carbocycles. The van der Waals surface area contributed by atoms with Crippen molar-refractivity contribution in [2.24, 2.45) is 0 Å². The highest BCUT2D eigenvalue weighted by atomic mass is 35.5. The lowest BCUT2D eigenvalue weighted by Gasteiger charge is -2.17. The van der Waals surface area contributed by atoms with E-state index in [0.29, 0.717) is 21.3 Å². The molecule has 0 aliphatic carbocycles. The van der Waals surface area contributed by atoms with Crippen LogP contribution in [0.25, 0.3) is 11.3 Å². The fourth-order valence-electron chi connectivity index (χ4n) is 1.70. The van der Waals surface area contributed by atoms with Crippen LogP contribution >= 0.6 is 23.2 Å². The van der Waals surface area contributed by atoms with Gasteiger partial charge < -0.3 is 5.11 Å². The molecular formula is C13H12Cl2N2O2. The molecule has 2 rings (SSSR count). The normalized spacial score (nSPS) is 11.6. The number of H-pyrrole nitrogens is 1. The van der Waals surface area contributed by atoms with E-state index in [0.717, 1.165) is 0 Å². The third-order valence-electron chi connectivity index (χ3n) is 2.67. The summed E-state index contributed by atoms with van der Waals surface area (Å²) in [5.74, 6) is 0. The van der Waals surface area contributed by atoms with Crippen LogP contribution in [0.3, 0.4) is 0 Å². The van der Waals surface area contributed by atoms with Gasteiger partial charge in [-0.2, -0.15) is 5.10 Å². The van der Waals surface area contributed by atoms with E-state index in [2.05, 4.69) is 10.2 Å². The van der Waals surface area contributed by atoms with Gasteiger partial charge in [0, 0.05) is 10.6 Å². The molecule has 1 aromatic heterocycles. The summed E-state index contributed by atoms with van der Waals surface area (Å²) in [6, 6.07) is 6.50. The lowest BCUT2D eigenvalue weighted by molar-refractivity contribution is 0.0769. The van der Waals surface area contributed by atoms with Crippen LogP contribution in [-0.4, -0.2) is 15.3 Å². The van der Waals surface area contributed by atoms with Gasteiger partial charge in [0.1, 0.15) is 0 Å². The standard InChI is InChI=1S/C13H12Cl2N2O2/c1-13(2,19)9-6-11(16-17-12(9)18)8-4-3-7(14)5-10(8)15/h3-6,19H,1-2H3,(H,17,18). The minimum Gasteiger partial charge on any atom is -0.386 e. The summed E-state index contributed by atoms with van der Waals surface area (Å²) in [6.07, 6.45) is 0. The Bertz CT molecular complexity index is 675. The van der Waals surface area contributed by atoms with Crippen LogP contribution in [0.5, 0.6) is 0 Å². The number of rotatable bonds is 2. The fourth-order valence-corrected chi connectivity index (χ4v) is 2.20. The Hall–Kier alpha value is -1.36. The summed E-state index contributed by atoms with van der Waals surface area (Å²) >= 11 is 11.9. The van der Waals surface area contributed by atoms with Gasteiger partial charge in [-0.25, -0.2) is 5.10 Å². The molecule has 1 aromatic carbocycles. The SMILES string of the molecule is CC(C)(O)c1cc(-c2ccc(Cl)cc2Cl)n[nH]c1=O. The van der Waals surface area contributed by atoms with Gasteiger partial charge in [-0.15, -0.1) is 0 Å². The molecule has 1 heterocycles. The molecule has 4 nitrogen and oxygen atoms in total. The second-order valence-corrected chi connectivity index (χ2v) is 5.52. The highest BCUT2D eigenvalue weighted by molar-refractivity contribution is 6.36. The Morgan fingerprint density at radius 2 is 1.95 bits per heavy atom. The van der Waals surface area contributed by atoms with E-state index >= 15 is 0 Å². The number of nitrogens with one attached hydrogen (secondary N) is 1. The van der Waals surface area contributed by atoms with Gasteiger partial charge >= 0.3 is 0 Å². The molecule has 0 spiro atoms. The Labute approximate surface area is 120 Å². The van der Waals surface area contributed by atoms with Gasteiger partial charge in [0.15, 0.2) is 0 Å². The van der Waals surface area contributed by atoms with Crippen molar-refractivity contribution in [3.63, 3.8) is 0 Å². The summed E-state index contributed by atoms with van der Waals surface area (Å²) in [5.41, 5.74) is -0.361. The van der Waals surface area contributed by atoms with Crippen molar-refractivity contribution in [2.75, 3.05) is 0 Å². The largest absolute Gasteiger partial charge is 0.386 e. The second kappa shape index (κ2) is 4.96. The first kappa shape index (κ1) is 14.1. The van der Waals surface area contributed by atoms with Crippen molar-refractivity contribution in [1.29, 1.82) is 0 Å².